The van der Waals surface area contributed by atoms with Gasteiger partial charge in [-0.05, 0) is 42.5 Å². The molecule has 1 saturated carbocycles. The molecule has 0 radical (unpaired) electrons. The molecule has 1 aliphatic heterocycles. The second kappa shape index (κ2) is 9.59. The molecule has 7 heteroatoms. The van der Waals surface area contributed by atoms with Gasteiger partial charge in [-0.15, -0.1) is 5.10 Å². The van der Waals surface area contributed by atoms with E-state index in [9.17, 15) is 0 Å². The van der Waals surface area contributed by atoms with Crippen molar-refractivity contribution in [3.63, 3.8) is 0 Å². The number of unbranched alkanes of at least 4 members (excludes halogenated alkanes) is 1. The summed E-state index contributed by atoms with van der Waals surface area (Å²) in [7, 11) is 1.73. The minimum absolute atomic E-state index is 0.428. The van der Waals surface area contributed by atoms with Crippen LogP contribution in [0.5, 0.6) is 0 Å². The summed E-state index contributed by atoms with van der Waals surface area (Å²) < 4.78 is 7.19. The number of methoxy groups -OCH3 is 1. The molecule has 0 amide bonds. The van der Waals surface area contributed by atoms with E-state index in [1.165, 1.54) is 71.1 Å². The Bertz CT molecular complexity index is 494. The fourth-order valence-electron chi connectivity index (χ4n) is 4.71. The smallest absolute Gasteiger partial charge is 0.209 e. The lowest BCUT2D eigenvalue weighted by atomic mass is 10.1. The summed E-state index contributed by atoms with van der Waals surface area (Å²) in [5, 5.41) is 12.6. The maximum atomic E-state index is 5.22. The first-order chi connectivity index (χ1) is 12.3. The van der Waals surface area contributed by atoms with Crippen molar-refractivity contribution in [3.8, 4) is 0 Å². The van der Waals surface area contributed by atoms with Crippen molar-refractivity contribution in [2.45, 2.75) is 70.5 Å². The Hall–Kier alpha value is -1.05. The summed E-state index contributed by atoms with van der Waals surface area (Å²) in [6.07, 6.45) is 9.42. The van der Waals surface area contributed by atoms with Crippen LogP contribution in [-0.4, -0.2) is 66.1 Å². The van der Waals surface area contributed by atoms with E-state index in [1.807, 2.05) is 9.58 Å². The van der Waals surface area contributed by atoms with Crippen molar-refractivity contribution in [2.75, 3.05) is 39.9 Å². The molecule has 1 aliphatic carbocycles. The maximum absolute atomic E-state index is 5.22. The first-order valence-corrected chi connectivity index (χ1v) is 10.3. The van der Waals surface area contributed by atoms with Gasteiger partial charge in [-0.2, -0.15) is 0 Å². The van der Waals surface area contributed by atoms with Gasteiger partial charge in [0.25, 0.3) is 0 Å². The molecule has 1 aromatic heterocycles. The highest BCUT2D eigenvalue weighted by Gasteiger charge is 2.36. The van der Waals surface area contributed by atoms with E-state index in [1.54, 1.807) is 12.0 Å². The third-order valence-electron chi connectivity index (χ3n) is 6.18. The number of tetrazole rings is 1. The second-order valence-electron chi connectivity index (χ2n) is 7.75. The van der Waals surface area contributed by atoms with Gasteiger partial charge in [-0.1, -0.05) is 13.3 Å². The molecule has 2 aliphatic rings. The molecule has 7 nitrogen and oxygen atoms in total. The minimum Gasteiger partial charge on any atom is -0.383 e. The lowest BCUT2D eigenvalue weighted by molar-refractivity contribution is -1.04. The van der Waals surface area contributed by atoms with Crippen molar-refractivity contribution in [1.82, 2.24) is 20.2 Å². The summed E-state index contributed by atoms with van der Waals surface area (Å²) in [6, 6.07) is 1.36. The van der Waals surface area contributed by atoms with Gasteiger partial charge in [-0.3, -0.25) is 0 Å². The number of nitrogens with one attached hydrogen (secondary N) is 2. The molecule has 2 fully saturated rings. The van der Waals surface area contributed by atoms with Gasteiger partial charge in [0.05, 0.1) is 19.2 Å². The normalized spacial score (nSPS) is 26.2. The number of nitrogens with zero attached hydrogens (tertiary/aromatic N) is 4. The maximum Gasteiger partial charge on any atom is 0.209 e. The Morgan fingerprint density at radius 2 is 1.96 bits per heavy atom. The van der Waals surface area contributed by atoms with Gasteiger partial charge in [0.2, 0.25) is 5.82 Å². The van der Waals surface area contributed by atoms with Crippen LogP contribution in [0, 0.1) is 0 Å². The third kappa shape index (κ3) is 4.77. The fourth-order valence-corrected chi connectivity index (χ4v) is 4.71. The predicted octanol–water partition coefficient (Wildman–Crippen LogP) is -0.723. The first-order valence-electron chi connectivity index (χ1n) is 10.3. The average molecular weight is 353 g/mol. The zero-order valence-corrected chi connectivity index (χ0v) is 16.0. The van der Waals surface area contributed by atoms with E-state index >= 15 is 0 Å². The molecule has 0 bridgehead atoms. The van der Waals surface area contributed by atoms with Gasteiger partial charge in [0.15, 0.2) is 0 Å². The van der Waals surface area contributed by atoms with E-state index < -0.39 is 0 Å². The Balaban J connectivity index is 1.63. The standard InChI is InChI=1S/C18H34N6O/c1-3-4-9-17(18-19-20-21-24(18)14-15-25-2)23-12-10-22(11-13-23)16-7-5-6-8-16/h16-17H,3-15H2,1-2H3/p+2/t17-/m1/s1. The first kappa shape index (κ1) is 18.7. The van der Waals surface area contributed by atoms with Crippen LogP contribution < -0.4 is 9.80 Å². The van der Waals surface area contributed by atoms with Crippen LogP contribution in [0.25, 0.3) is 0 Å². The lowest BCUT2D eigenvalue weighted by Crippen LogP contribution is -3.29. The Morgan fingerprint density at radius 1 is 1.20 bits per heavy atom. The molecule has 1 aromatic rings. The summed E-state index contributed by atoms with van der Waals surface area (Å²) in [5.41, 5.74) is 0. The highest BCUT2D eigenvalue weighted by Crippen LogP contribution is 2.16. The summed E-state index contributed by atoms with van der Waals surface area (Å²) >= 11 is 0. The molecule has 142 valence electrons. The highest BCUT2D eigenvalue weighted by molar-refractivity contribution is 4.87. The van der Waals surface area contributed by atoms with Gasteiger partial charge in [0.1, 0.15) is 32.2 Å². The van der Waals surface area contributed by atoms with Crippen molar-refractivity contribution in [2.24, 2.45) is 0 Å². The monoisotopic (exact) mass is 352 g/mol. The van der Waals surface area contributed by atoms with Crippen molar-refractivity contribution in [1.29, 1.82) is 0 Å². The van der Waals surface area contributed by atoms with Gasteiger partial charge < -0.3 is 14.5 Å². The highest BCUT2D eigenvalue weighted by atomic mass is 16.5. The molecule has 25 heavy (non-hydrogen) atoms. The SMILES string of the molecule is CCCC[C@H](c1nnnn1CCOC)[NH+]1CC[NH+](C2CCCC2)CC1. The third-order valence-corrected chi connectivity index (χ3v) is 6.18. The number of ether oxygens (including phenoxy) is 1. The summed E-state index contributed by atoms with van der Waals surface area (Å²) in [5.74, 6) is 1.06. The second-order valence-corrected chi connectivity index (χ2v) is 7.75. The van der Waals surface area contributed by atoms with E-state index in [0.29, 0.717) is 12.6 Å². The fraction of sp³-hybridized carbons (Fsp3) is 0.944. The van der Waals surface area contributed by atoms with E-state index in [-0.39, 0.29) is 0 Å². The molecular formula is C18H36N6O+2. The van der Waals surface area contributed by atoms with Gasteiger partial charge in [-0.25, -0.2) is 4.68 Å². The molecule has 3 rings (SSSR count). The molecule has 0 unspecified atom stereocenters. The van der Waals surface area contributed by atoms with Gasteiger partial charge >= 0.3 is 0 Å². The van der Waals surface area contributed by atoms with Crippen LogP contribution in [-0.2, 0) is 11.3 Å². The number of aromatic nitrogens is 4. The molecule has 1 atom stereocenters. The van der Waals surface area contributed by atoms with E-state index in [0.717, 1.165) is 18.4 Å². The van der Waals surface area contributed by atoms with Crippen LogP contribution in [0.2, 0.25) is 0 Å². The number of rotatable bonds is 9. The van der Waals surface area contributed by atoms with Crippen molar-refractivity contribution in [3.05, 3.63) is 5.82 Å². The van der Waals surface area contributed by atoms with Crippen LogP contribution in [0.15, 0.2) is 0 Å². The van der Waals surface area contributed by atoms with E-state index in [2.05, 4.69) is 22.4 Å². The predicted molar refractivity (Wildman–Crippen MR) is 95.6 cm³/mol. The van der Waals surface area contributed by atoms with E-state index in [4.69, 9.17) is 4.74 Å². The zero-order chi connectivity index (χ0) is 17.5. The minimum atomic E-state index is 0.428. The zero-order valence-electron chi connectivity index (χ0n) is 16.0. The molecule has 2 N–H and O–H groups in total. The largest absolute Gasteiger partial charge is 0.383 e. The summed E-state index contributed by atoms with van der Waals surface area (Å²) in [4.78, 5) is 3.54. The molecule has 0 spiro atoms. The summed E-state index contributed by atoms with van der Waals surface area (Å²) in [6.45, 7) is 8.78. The Labute approximate surface area is 151 Å². The average Bonchev–Trinajstić information content (AvgIpc) is 3.33. The van der Waals surface area contributed by atoms with Crippen LogP contribution in [0.3, 0.4) is 0 Å². The van der Waals surface area contributed by atoms with Crippen LogP contribution in [0.4, 0.5) is 0 Å². The molecule has 1 saturated heterocycles. The van der Waals surface area contributed by atoms with Crippen molar-refractivity contribution < 1.29 is 14.5 Å². The Morgan fingerprint density at radius 3 is 2.64 bits per heavy atom. The lowest BCUT2D eigenvalue weighted by Gasteiger charge is -2.36. The van der Waals surface area contributed by atoms with Crippen LogP contribution in [0.1, 0.15) is 63.7 Å². The van der Waals surface area contributed by atoms with Gasteiger partial charge in [0, 0.05) is 13.5 Å². The number of hydrogen-bond donors (Lipinski definition) is 2. The molecular weight excluding hydrogens is 316 g/mol. The number of quaternary nitrogens is 2. The molecule has 0 aromatic carbocycles. The Kier molecular flexibility index (Phi) is 7.19. The number of piperazine rings is 1. The topological polar surface area (TPSA) is 61.7 Å². The van der Waals surface area contributed by atoms with Crippen LogP contribution >= 0.6 is 0 Å². The quantitative estimate of drug-likeness (QED) is 0.616. The van der Waals surface area contributed by atoms with Crippen molar-refractivity contribution >= 4 is 0 Å². The molecule has 2 heterocycles. The number of hydrogen-bond acceptors (Lipinski definition) is 4.